The van der Waals surface area contributed by atoms with Gasteiger partial charge in [-0.1, -0.05) is 11.6 Å². The Labute approximate surface area is 117 Å². The minimum Gasteiger partial charge on any atom is -0.479 e. The van der Waals surface area contributed by atoms with Crippen molar-refractivity contribution in [2.24, 2.45) is 0 Å². The van der Waals surface area contributed by atoms with Crippen LogP contribution in [0.3, 0.4) is 0 Å². The van der Waals surface area contributed by atoms with Crippen LogP contribution in [0.1, 0.15) is 12.5 Å². The number of rotatable bonds is 6. The largest absolute Gasteiger partial charge is 0.479 e. The maximum atomic E-state index is 11.6. The SMILES string of the molecule is CSCCOC(=O)C(C)Oc1ccc(Cl)cc1C. The quantitative estimate of drug-likeness (QED) is 0.594. The highest BCUT2D eigenvalue weighted by Crippen LogP contribution is 2.22. The number of ether oxygens (including phenoxy) is 2. The molecule has 0 spiro atoms. The van der Waals surface area contributed by atoms with Crippen LogP contribution in [0, 0.1) is 6.92 Å². The van der Waals surface area contributed by atoms with Crippen LogP contribution in [-0.2, 0) is 9.53 Å². The Bertz CT molecular complexity index is 409. The third kappa shape index (κ3) is 4.78. The molecule has 1 rings (SSSR count). The zero-order chi connectivity index (χ0) is 13.5. The van der Waals surface area contributed by atoms with Gasteiger partial charge >= 0.3 is 5.97 Å². The van der Waals surface area contributed by atoms with E-state index in [9.17, 15) is 4.79 Å². The molecule has 0 saturated heterocycles. The van der Waals surface area contributed by atoms with Gasteiger partial charge in [0.1, 0.15) is 12.4 Å². The summed E-state index contributed by atoms with van der Waals surface area (Å²) < 4.78 is 10.6. The number of thioether (sulfide) groups is 1. The number of benzene rings is 1. The van der Waals surface area contributed by atoms with Crippen LogP contribution in [0.15, 0.2) is 18.2 Å². The second-order valence-electron chi connectivity index (χ2n) is 3.83. The molecule has 1 atom stereocenters. The summed E-state index contributed by atoms with van der Waals surface area (Å²) >= 11 is 7.48. The van der Waals surface area contributed by atoms with E-state index in [2.05, 4.69) is 0 Å². The van der Waals surface area contributed by atoms with Gasteiger partial charge in [-0.3, -0.25) is 0 Å². The monoisotopic (exact) mass is 288 g/mol. The molecular weight excluding hydrogens is 272 g/mol. The molecule has 0 bridgehead atoms. The van der Waals surface area contributed by atoms with Gasteiger partial charge in [0.05, 0.1) is 0 Å². The van der Waals surface area contributed by atoms with E-state index in [4.69, 9.17) is 21.1 Å². The van der Waals surface area contributed by atoms with E-state index < -0.39 is 6.10 Å². The first-order valence-corrected chi connectivity index (χ1v) is 7.40. The third-order valence-corrected chi connectivity index (χ3v) is 3.11. The van der Waals surface area contributed by atoms with Gasteiger partial charge in [-0.25, -0.2) is 4.79 Å². The molecule has 0 amide bonds. The van der Waals surface area contributed by atoms with E-state index in [1.54, 1.807) is 36.9 Å². The molecule has 1 aromatic rings. The van der Waals surface area contributed by atoms with E-state index >= 15 is 0 Å². The maximum Gasteiger partial charge on any atom is 0.347 e. The highest BCUT2D eigenvalue weighted by molar-refractivity contribution is 7.98. The Kier molecular flexibility index (Phi) is 6.36. The van der Waals surface area contributed by atoms with Gasteiger partial charge in [0.25, 0.3) is 0 Å². The zero-order valence-corrected chi connectivity index (χ0v) is 12.3. The van der Waals surface area contributed by atoms with Crippen LogP contribution in [0.25, 0.3) is 0 Å². The van der Waals surface area contributed by atoms with Gasteiger partial charge in [-0.15, -0.1) is 0 Å². The predicted octanol–water partition coefficient (Wildman–Crippen LogP) is 3.32. The van der Waals surface area contributed by atoms with Crippen LogP contribution in [-0.4, -0.2) is 30.7 Å². The molecule has 3 nitrogen and oxygen atoms in total. The lowest BCUT2D eigenvalue weighted by Crippen LogP contribution is -2.27. The lowest BCUT2D eigenvalue weighted by molar-refractivity contribution is -0.150. The fourth-order valence-corrected chi connectivity index (χ4v) is 1.80. The minimum atomic E-state index is -0.619. The van der Waals surface area contributed by atoms with Crippen LogP contribution in [0.4, 0.5) is 0 Å². The van der Waals surface area contributed by atoms with Crippen molar-refractivity contribution in [1.82, 2.24) is 0 Å². The summed E-state index contributed by atoms with van der Waals surface area (Å²) in [7, 11) is 0. The molecule has 0 radical (unpaired) electrons. The fraction of sp³-hybridized carbons (Fsp3) is 0.462. The summed E-state index contributed by atoms with van der Waals surface area (Å²) in [5.41, 5.74) is 0.895. The summed E-state index contributed by atoms with van der Waals surface area (Å²) in [6, 6.07) is 5.28. The van der Waals surface area contributed by atoms with Gasteiger partial charge in [0.2, 0.25) is 0 Å². The first kappa shape index (κ1) is 15.2. The molecule has 0 heterocycles. The average Bonchev–Trinajstić information content (AvgIpc) is 2.32. The molecular formula is C13H17ClO3S. The van der Waals surface area contributed by atoms with Crippen LogP contribution in [0.5, 0.6) is 5.75 Å². The Balaban J connectivity index is 2.53. The zero-order valence-electron chi connectivity index (χ0n) is 10.7. The number of hydrogen-bond donors (Lipinski definition) is 0. The smallest absolute Gasteiger partial charge is 0.347 e. The van der Waals surface area contributed by atoms with E-state index in [-0.39, 0.29) is 5.97 Å². The van der Waals surface area contributed by atoms with Crippen molar-refractivity contribution in [1.29, 1.82) is 0 Å². The van der Waals surface area contributed by atoms with E-state index in [1.165, 1.54) is 0 Å². The first-order chi connectivity index (χ1) is 8.54. The number of carbonyl (C=O) groups excluding carboxylic acids is 1. The number of esters is 1. The molecule has 1 aromatic carbocycles. The Morgan fingerprint density at radius 1 is 1.50 bits per heavy atom. The molecule has 0 aliphatic heterocycles. The molecule has 0 aromatic heterocycles. The minimum absolute atomic E-state index is 0.349. The van der Waals surface area contributed by atoms with Crippen molar-refractivity contribution in [3.8, 4) is 5.75 Å². The molecule has 1 unspecified atom stereocenters. The number of aryl methyl sites for hydroxylation is 1. The van der Waals surface area contributed by atoms with Gasteiger partial charge < -0.3 is 9.47 Å². The lowest BCUT2D eigenvalue weighted by Gasteiger charge is -2.15. The van der Waals surface area contributed by atoms with Crippen molar-refractivity contribution < 1.29 is 14.3 Å². The number of carbonyl (C=O) groups is 1. The summed E-state index contributed by atoms with van der Waals surface area (Å²) in [5, 5.41) is 0.648. The summed E-state index contributed by atoms with van der Waals surface area (Å²) in [4.78, 5) is 11.6. The van der Waals surface area contributed by atoms with E-state index in [0.29, 0.717) is 17.4 Å². The van der Waals surface area contributed by atoms with Crippen molar-refractivity contribution >= 4 is 29.3 Å². The highest BCUT2D eigenvalue weighted by Gasteiger charge is 2.17. The summed E-state index contributed by atoms with van der Waals surface area (Å²) in [5.74, 6) is 1.09. The lowest BCUT2D eigenvalue weighted by atomic mass is 10.2. The maximum absolute atomic E-state index is 11.6. The summed E-state index contributed by atoms with van der Waals surface area (Å²) in [6.07, 6.45) is 1.34. The fourth-order valence-electron chi connectivity index (χ4n) is 1.33. The van der Waals surface area contributed by atoms with Crippen molar-refractivity contribution in [2.75, 3.05) is 18.6 Å². The van der Waals surface area contributed by atoms with Gasteiger partial charge in [0.15, 0.2) is 6.10 Å². The second kappa shape index (κ2) is 7.54. The van der Waals surface area contributed by atoms with Crippen molar-refractivity contribution in [3.63, 3.8) is 0 Å². The highest BCUT2D eigenvalue weighted by atomic mass is 35.5. The molecule has 18 heavy (non-hydrogen) atoms. The average molecular weight is 289 g/mol. The van der Waals surface area contributed by atoms with E-state index in [0.717, 1.165) is 11.3 Å². The summed E-state index contributed by atoms with van der Waals surface area (Å²) in [6.45, 7) is 3.97. The van der Waals surface area contributed by atoms with Crippen LogP contribution >= 0.6 is 23.4 Å². The van der Waals surface area contributed by atoms with Gasteiger partial charge in [-0.05, 0) is 43.9 Å². The Morgan fingerprint density at radius 3 is 2.83 bits per heavy atom. The predicted molar refractivity (Wildman–Crippen MR) is 75.6 cm³/mol. The molecule has 0 aliphatic rings. The molecule has 100 valence electrons. The third-order valence-electron chi connectivity index (χ3n) is 2.30. The molecule has 0 saturated carbocycles. The topological polar surface area (TPSA) is 35.5 Å². The standard InChI is InChI=1S/C13H17ClO3S/c1-9-8-11(14)4-5-12(9)17-10(2)13(15)16-6-7-18-3/h4-5,8,10H,6-7H2,1-3H3. The normalized spacial score (nSPS) is 12.0. The second-order valence-corrected chi connectivity index (χ2v) is 5.25. The molecule has 0 aliphatic carbocycles. The molecule has 0 fully saturated rings. The first-order valence-electron chi connectivity index (χ1n) is 5.63. The number of hydrogen-bond acceptors (Lipinski definition) is 4. The Morgan fingerprint density at radius 2 is 2.22 bits per heavy atom. The van der Waals surface area contributed by atoms with Crippen molar-refractivity contribution in [2.45, 2.75) is 20.0 Å². The van der Waals surface area contributed by atoms with Gasteiger partial charge in [0, 0.05) is 10.8 Å². The van der Waals surface area contributed by atoms with E-state index in [1.807, 2.05) is 13.2 Å². The van der Waals surface area contributed by atoms with Crippen molar-refractivity contribution in [3.05, 3.63) is 28.8 Å². The Hall–Kier alpha value is -0.870. The number of halogens is 1. The van der Waals surface area contributed by atoms with Crippen LogP contribution in [0.2, 0.25) is 5.02 Å². The molecule has 0 N–H and O–H groups in total. The van der Waals surface area contributed by atoms with Gasteiger partial charge in [-0.2, -0.15) is 11.8 Å². The molecule has 5 heteroatoms. The van der Waals surface area contributed by atoms with Crippen LogP contribution < -0.4 is 4.74 Å².